The first kappa shape index (κ1) is 15.8. The maximum atomic E-state index is 12.5. The van der Waals surface area contributed by atoms with Gasteiger partial charge in [-0.25, -0.2) is 8.42 Å². The Bertz CT molecular complexity index is 659. The molecule has 0 aromatic heterocycles. The lowest BCUT2D eigenvalue weighted by Crippen LogP contribution is -2.45. The molecular formula is C15H18ClNO4S. The second kappa shape index (κ2) is 6.18. The van der Waals surface area contributed by atoms with E-state index in [9.17, 15) is 13.2 Å². The number of nitrogens with zero attached hydrogens (tertiary/aromatic N) is 1. The van der Waals surface area contributed by atoms with Crippen molar-refractivity contribution in [3.63, 3.8) is 0 Å². The van der Waals surface area contributed by atoms with Crippen LogP contribution in [0.15, 0.2) is 24.3 Å². The zero-order valence-electron chi connectivity index (χ0n) is 12.1. The van der Waals surface area contributed by atoms with Crippen molar-refractivity contribution in [2.24, 2.45) is 5.92 Å². The van der Waals surface area contributed by atoms with Crippen LogP contribution in [0.5, 0.6) is 0 Å². The summed E-state index contributed by atoms with van der Waals surface area (Å²) >= 11 is 5.88. The Balaban J connectivity index is 1.68. The van der Waals surface area contributed by atoms with Crippen LogP contribution in [0.25, 0.3) is 0 Å². The van der Waals surface area contributed by atoms with Gasteiger partial charge in [0.15, 0.2) is 9.84 Å². The van der Waals surface area contributed by atoms with E-state index < -0.39 is 15.8 Å². The van der Waals surface area contributed by atoms with Crippen LogP contribution in [0, 0.1) is 5.92 Å². The first-order valence-electron chi connectivity index (χ1n) is 7.31. The minimum atomic E-state index is -3.04. The highest BCUT2D eigenvalue weighted by Crippen LogP contribution is 2.27. The van der Waals surface area contributed by atoms with Crippen molar-refractivity contribution in [2.75, 3.05) is 31.2 Å². The lowest BCUT2D eigenvalue weighted by molar-refractivity contribution is -0.142. The van der Waals surface area contributed by atoms with Crippen LogP contribution in [-0.2, 0) is 19.4 Å². The van der Waals surface area contributed by atoms with Crippen LogP contribution < -0.4 is 0 Å². The highest BCUT2D eigenvalue weighted by atomic mass is 35.5. The molecule has 1 aromatic carbocycles. The number of amides is 1. The van der Waals surface area contributed by atoms with E-state index in [1.165, 1.54) is 0 Å². The largest absolute Gasteiger partial charge is 0.370 e. The van der Waals surface area contributed by atoms with Crippen LogP contribution >= 0.6 is 11.6 Å². The monoisotopic (exact) mass is 343 g/mol. The Morgan fingerprint density at radius 2 is 2.00 bits per heavy atom. The molecule has 1 aromatic rings. The summed E-state index contributed by atoms with van der Waals surface area (Å²) in [5.41, 5.74) is 0.973. The summed E-state index contributed by atoms with van der Waals surface area (Å²) in [5, 5.41) is 0.656. The molecule has 7 heteroatoms. The summed E-state index contributed by atoms with van der Waals surface area (Å²) in [7, 11) is -3.04. The van der Waals surface area contributed by atoms with Gasteiger partial charge in [0, 0.05) is 11.6 Å². The third-order valence-electron chi connectivity index (χ3n) is 4.20. The van der Waals surface area contributed by atoms with Crippen molar-refractivity contribution >= 4 is 27.3 Å². The number of rotatable bonds is 2. The molecule has 0 N–H and O–H groups in total. The van der Waals surface area contributed by atoms with Gasteiger partial charge in [0.05, 0.1) is 30.6 Å². The molecule has 0 spiro atoms. The summed E-state index contributed by atoms with van der Waals surface area (Å²) in [5.74, 6) is -0.360. The predicted molar refractivity (Wildman–Crippen MR) is 83.5 cm³/mol. The maximum Gasteiger partial charge on any atom is 0.226 e. The molecule has 2 atom stereocenters. The third kappa shape index (κ3) is 3.45. The van der Waals surface area contributed by atoms with E-state index in [-0.39, 0.29) is 23.5 Å². The maximum absolute atomic E-state index is 12.5. The van der Waals surface area contributed by atoms with E-state index >= 15 is 0 Å². The van der Waals surface area contributed by atoms with E-state index in [0.29, 0.717) is 31.1 Å². The number of hydrogen-bond donors (Lipinski definition) is 0. The average Bonchev–Trinajstić information content (AvgIpc) is 2.87. The standard InChI is InChI=1S/C15H18ClNO4S/c16-13-3-1-11(2-4-13)14-9-17(6-7-21-14)15(18)12-5-8-22(19,20)10-12/h1-4,12,14H,5-10H2/t12-,14+/m1/s1. The number of benzene rings is 1. The molecule has 0 bridgehead atoms. The number of morpholine rings is 1. The van der Waals surface area contributed by atoms with Gasteiger partial charge in [-0.05, 0) is 24.1 Å². The van der Waals surface area contributed by atoms with Crippen LogP contribution in [0.3, 0.4) is 0 Å². The summed E-state index contributed by atoms with van der Waals surface area (Å²) < 4.78 is 28.8. The number of hydrogen-bond acceptors (Lipinski definition) is 4. The molecule has 0 unspecified atom stereocenters. The average molecular weight is 344 g/mol. The quantitative estimate of drug-likeness (QED) is 0.819. The van der Waals surface area contributed by atoms with Crippen molar-refractivity contribution in [3.8, 4) is 0 Å². The van der Waals surface area contributed by atoms with Gasteiger partial charge in [-0.15, -0.1) is 0 Å². The summed E-state index contributed by atoms with van der Waals surface area (Å²) in [6, 6.07) is 7.37. The number of ether oxygens (including phenoxy) is 1. The molecule has 2 heterocycles. The van der Waals surface area contributed by atoms with Gasteiger partial charge in [0.1, 0.15) is 6.10 Å². The van der Waals surface area contributed by atoms with E-state index in [0.717, 1.165) is 5.56 Å². The molecular weight excluding hydrogens is 326 g/mol. The molecule has 3 rings (SSSR count). The van der Waals surface area contributed by atoms with E-state index in [1.54, 1.807) is 17.0 Å². The molecule has 5 nitrogen and oxygen atoms in total. The zero-order chi connectivity index (χ0) is 15.7. The molecule has 1 amide bonds. The molecule has 0 aliphatic carbocycles. The zero-order valence-corrected chi connectivity index (χ0v) is 13.6. The normalized spacial score (nSPS) is 27.8. The number of sulfone groups is 1. The van der Waals surface area contributed by atoms with Gasteiger partial charge in [0.2, 0.25) is 5.91 Å². The van der Waals surface area contributed by atoms with Crippen LogP contribution in [0.2, 0.25) is 5.02 Å². The van der Waals surface area contributed by atoms with Crippen LogP contribution in [0.1, 0.15) is 18.1 Å². The number of carbonyl (C=O) groups is 1. The second-order valence-corrected chi connectivity index (χ2v) is 8.46. The molecule has 2 saturated heterocycles. The van der Waals surface area contributed by atoms with Gasteiger partial charge in [-0.2, -0.15) is 0 Å². The topological polar surface area (TPSA) is 63.7 Å². The van der Waals surface area contributed by atoms with Gasteiger partial charge >= 0.3 is 0 Å². The van der Waals surface area contributed by atoms with Crippen molar-refractivity contribution < 1.29 is 17.9 Å². The molecule has 0 saturated carbocycles. The van der Waals surface area contributed by atoms with E-state index in [2.05, 4.69) is 0 Å². The SMILES string of the molecule is O=C([C@@H]1CCS(=O)(=O)C1)N1CCO[C@H](c2ccc(Cl)cc2)C1. The molecule has 2 aliphatic rings. The third-order valence-corrected chi connectivity index (χ3v) is 6.22. The minimum Gasteiger partial charge on any atom is -0.370 e. The number of carbonyl (C=O) groups excluding carboxylic acids is 1. The summed E-state index contributed by atoms with van der Waals surface area (Å²) in [6.45, 7) is 1.43. The van der Waals surface area contributed by atoms with Crippen molar-refractivity contribution in [1.29, 1.82) is 0 Å². The molecule has 120 valence electrons. The summed E-state index contributed by atoms with van der Waals surface area (Å²) in [4.78, 5) is 14.2. The lowest BCUT2D eigenvalue weighted by atomic mass is 10.0. The molecule has 22 heavy (non-hydrogen) atoms. The van der Waals surface area contributed by atoms with E-state index in [4.69, 9.17) is 16.3 Å². The molecule has 2 aliphatic heterocycles. The lowest BCUT2D eigenvalue weighted by Gasteiger charge is -2.34. The van der Waals surface area contributed by atoms with E-state index in [1.807, 2.05) is 12.1 Å². The Morgan fingerprint density at radius 3 is 2.64 bits per heavy atom. The van der Waals surface area contributed by atoms with Gasteiger partial charge in [-0.3, -0.25) is 4.79 Å². The second-order valence-electron chi connectivity index (χ2n) is 5.80. The number of halogens is 1. The minimum absolute atomic E-state index is 0.0190. The van der Waals surface area contributed by atoms with Crippen molar-refractivity contribution in [3.05, 3.63) is 34.9 Å². The smallest absolute Gasteiger partial charge is 0.226 e. The van der Waals surface area contributed by atoms with Gasteiger partial charge in [-0.1, -0.05) is 23.7 Å². The van der Waals surface area contributed by atoms with Crippen LogP contribution in [-0.4, -0.2) is 50.4 Å². The Morgan fingerprint density at radius 1 is 1.27 bits per heavy atom. The Labute approximate surface area is 135 Å². The fourth-order valence-corrected chi connectivity index (χ4v) is 4.84. The highest BCUT2D eigenvalue weighted by molar-refractivity contribution is 7.91. The predicted octanol–water partition coefficient (Wildman–Crippen LogP) is 1.67. The van der Waals surface area contributed by atoms with Crippen LogP contribution in [0.4, 0.5) is 0 Å². The molecule has 0 radical (unpaired) electrons. The first-order valence-corrected chi connectivity index (χ1v) is 9.51. The van der Waals surface area contributed by atoms with Crippen molar-refractivity contribution in [1.82, 2.24) is 4.90 Å². The van der Waals surface area contributed by atoms with Crippen molar-refractivity contribution in [2.45, 2.75) is 12.5 Å². The van der Waals surface area contributed by atoms with Gasteiger partial charge in [0.25, 0.3) is 0 Å². The Hall–Kier alpha value is -1.11. The van der Waals surface area contributed by atoms with Gasteiger partial charge < -0.3 is 9.64 Å². The summed E-state index contributed by atoms with van der Waals surface area (Å²) in [6.07, 6.45) is 0.248. The fourth-order valence-electron chi connectivity index (χ4n) is 2.98. The first-order chi connectivity index (χ1) is 10.4. The molecule has 2 fully saturated rings. The highest BCUT2D eigenvalue weighted by Gasteiger charge is 2.37. The Kier molecular flexibility index (Phi) is 4.43. The fraction of sp³-hybridized carbons (Fsp3) is 0.533.